The molecule has 33 heavy (non-hydrogen) atoms. The Morgan fingerprint density at radius 2 is 1.76 bits per heavy atom. The predicted octanol–water partition coefficient (Wildman–Crippen LogP) is 3.72. The Kier molecular flexibility index (Phi) is 7.23. The topological polar surface area (TPSA) is 95.9 Å². The first-order valence-corrected chi connectivity index (χ1v) is 12.3. The quantitative estimate of drug-likeness (QED) is 0.643. The minimum Gasteiger partial charge on any atom is -0.481 e. The maximum atomic E-state index is 13.1. The number of rotatable bonds is 7. The van der Waals surface area contributed by atoms with Crippen molar-refractivity contribution in [1.29, 1.82) is 0 Å². The highest BCUT2D eigenvalue weighted by Gasteiger charge is 2.33. The molecule has 1 saturated heterocycles. The summed E-state index contributed by atoms with van der Waals surface area (Å²) in [6.45, 7) is 2.68. The fourth-order valence-electron chi connectivity index (χ4n) is 4.56. The Bertz CT molecular complexity index is 997. The number of aliphatic carboxylic acids is 1. The molecule has 8 heteroatoms. The summed E-state index contributed by atoms with van der Waals surface area (Å²) >= 11 is 1.78. The van der Waals surface area contributed by atoms with Crippen LogP contribution in [0.4, 0.5) is 4.79 Å². The van der Waals surface area contributed by atoms with Crippen LogP contribution in [-0.4, -0.2) is 64.7 Å². The van der Waals surface area contributed by atoms with Crippen molar-refractivity contribution in [2.45, 2.75) is 37.8 Å². The molecule has 4 rings (SSSR count). The van der Waals surface area contributed by atoms with E-state index in [-0.39, 0.29) is 37.3 Å². The van der Waals surface area contributed by atoms with Crippen LogP contribution in [0.1, 0.15) is 36.8 Å². The van der Waals surface area contributed by atoms with E-state index in [4.69, 9.17) is 9.84 Å². The zero-order valence-corrected chi connectivity index (χ0v) is 19.3. The van der Waals surface area contributed by atoms with Gasteiger partial charge in [0.1, 0.15) is 12.6 Å². The molecule has 0 aromatic heterocycles. The Morgan fingerprint density at radius 3 is 2.36 bits per heavy atom. The molecule has 1 heterocycles. The lowest BCUT2D eigenvalue weighted by molar-refractivity contribution is -0.138. The lowest BCUT2D eigenvalue weighted by atomic mass is 9.98. The fraction of sp³-hybridized carbons (Fsp3) is 0.400. The number of hydrogen-bond donors (Lipinski definition) is 2. The van der Waals surface area contributed by atoms with Crippen molar-refractivity contribution < 1.29 is 24.2 Å². The van der Waals surface area contributed by atoms with Crippen molar-refractivity contribution in [3.05, 3.63) is 59.7 Å². The number of fused-ring (bicyclic) bond motifs is 3. The first-order chi connectivity index (χ1) is 16.0. The van der Waals surface area contributed by atoms with Gasteiger partial charge in [0.05, 0.1) is 0 Å². The van der Waals surface area contributed by atoms with E-state index in [1.54, 1.807) is 16.7 Å². The molecule has 0 radical (unpaired) electrons. The molecule has 1 fully saturated rings. The number of carboxylic acids is 1. The maximum Gasteiger partial charge on any atom is 0.407 e. The van der Waals surface area contributed by atoms with E-state index in [2.05, 4.69) is 17.4 Å². The van der Waals surface area contributed by atoms with Crippen molar-refractivity contribution in [2.75, 3.05) is 24.7 Å². The summed E-state index contributed by atoms with van der Waals surface area (Å²) < 4.78 is 5.57. The van der Waals surface area contributed by atoms with Gasteiger partial charge in [0.25, 0.3) is 0 Å². The summed E-state index contributed by atoms with van der Waals surface area (Å²) in [4.78, 5) is 38.6. The maximum absolute atomic E-state index is 13.1. The SMILES string of the molecule is CC1CSCCN1C(=O)C(CCC(=O)O)NC(=O)OCC1c2ccccc2-c2ccccc21. The van der Waals surface area contributed by atoms with Gasteiger partial charge in [0, 0.05) is 36.4 Å². The van der Waals surface area contributed by atoms with Crippen LogP contribution in [0.3, 0.4) is 0 Å². The molecule has 1 aliphatic heterocycles. The summed E-state index contributed by atoms with van der Waals surface area (Å²) in [6.07, 6.45) is -0.897. The summed E-state index contributed by atoms with van der Waals surface area (Å²) in [5.41, 5.74) is 4.47. The number of ether oxygens (including phenoxy) is 1. The average Bonchev–Trinajstić information content (AvgIpc) is 3.14. The number of hydrogen-bond acceptors (Lipinski definition) is 5. The van der Waals surface area contributed by atoms with Gasteiger partial charge in [-0.05, 0) is 35.6 Å². The Hall–Kier alpha value is -3.00. The molecule has 0 spiro atoms. The molecule has 0 saturated carbocycles. The zero-order chi connectivity index (χ0) is 23.4. The van der Waals surface area contributed by atoms with E-state index >= 15 is 0 Å². The molecule has 2 aliphatic rings. The number of nitrogens with zero attached hydrogens (tertiary/aromatic N) is 1. The standard InChI is InChI=1S/C25H28N2O5S/c1-16-15-33-13-12-27(16)24(30)22(10-11-23(28)29)26-25(31)32-14-21-19-8-4-2-6-17(19)18-7-3-5-9-20(18)21/h2-9,16,21-22H,10-15H2,1H3,(H,26,31)(H,28,29). The Morgan fingerprint density at radius 1 is 1.12 bits per heavy atom. The van der Waals surface area contributed by atoms with Gasteiger partial charge in [-0.25, -0.2) is 4.79 Å². The molecule has 0 bridgehead atoms. The van der Waals surface area contributed by atoms with E-state index in [1.165, 1.54) is 0 Å². The summed E-state index contributed by atoms with van der Waals surface area (Å²) in [5.74, 6) is 0.298. The van der Waals surface area contributed by atoms with Gasteiger partial charge in [-0.15, -0.1) is 0 Å². The van der Waals surface area contributed by atoms with Crippen LogP contribution in [0, 0.1) is 0 Å². The third-order valence-corrected chi connectivity index (χ3v) is 7.42. The average molecular weight is 469 g/mol. The van der Waals surface area contributed by atoms with Crippen LogP contribution in [0.15, 0.2) is 48.5 Å². The van der Waals surface area contributed by atoms with Crippen LogP contribution in [0.2, 0.25) is 0 Å². The molecule has 2 unspecified atom stereocenters. The van der Waals surface area contributed by atoms with E-state index in [9.17, 15) is 14.4 Å². The van der Waals surface area contributed by atoms with Crippen molar-refractivity contribution in [1.82, 2.24) is 10.2 Å². The van der Waals surface area contributed by atoms with E-state index < -0.39 is 18.1 Å². The normalized spacial score (nSPS) is 18.2. The van der Waals surface area contributed by atoms with Gasteiger partial charge in [-0.3, -0.25) is 9.59 Å². The smallest absolute Gasteiger partial charge is 0.407 e. The van der Waals surface area contributed by atoms with Crippen LogP contribution >= 0.6 is 11.8 Å². The van der Waals surface area contributed by atoms with Crippen molar-refractivity contribution in [2.24, 2.45) is 0 Å². The molecule has 2 aromatic rings. The van der Waals surface area contributed by atoms with E-state index in [1.807, 2.05) is 43.3 Å². The monoisotopic (exact) mass is 468 g/mol. The Balaban J connectivity index is 1.43. The molecule has 2 aromatic carbocycles. The molecule has 2 atom stereocenters. The Labute approximate surface area is 197 Å². The number of carbonyl (C=O) groups excluding carboxylic acids is 2. The first kappa shape index (κ1) is 23.2. The number of alkyl carbamates (subject to hydrolysis) is 1. The van der Waals surface area contributed by atoms with Crippen LogP contribution in [0.5, 0.6) is 0 Å². The van der Waals surface area contributed by atoms with Crippen molar-refractivity contribution in [3.8, 4) is 11.1 Å². The van der Waals surface area contributed by atoms with Crippen LogP contribution in [-0.2, 0) is 14.3 Å². The summed E-state index contributed by atoms with van der Waals surface area (Å²) in [6, 6.07) is 15.2. The fourth-order valence-corrected chi connectivity index (χ4v) is 5.58. The second-order valence-corrected chi connectivity index (χ2v) is 9.56. The number of amides is 2. The van der Waals surface area contributed by atoms with Gasteiger partial charge in [0.2, 0.25) is 5.91 Å². The number of thioether (sulfide) groups is 1. The molecule has 2 N–H and O–H groups in total. The first-order valence-electron chi connectivity index (χ1n) is 11.2. The third kappa shape index (κ3) is 5.16. The van der Waals surface area contributed by atoms with Gasteiger partial charge < -0.3 is 20.1 Å². The highest BCUT2D eigenvalue weighted by atomic mass is 32.2. The second-order valence-electron chi connectivity index (χ2n) is 8.41. The minimum absolute atomic E-state index is 0.0225. The second kappa shape index (κ2) is 10.3. The van der Waals surface area contributed by atoms with Gasteiger partial charge in [-0.2, -0.15) is 11.8 Å². The lowest BCUT2D eigenvalue weighted by Crippen LogP contribution is -2.54. The summed E-state index contributed by atoms with van der Waals surface area (Å²) in [7, 11) is 0. The number of carbonyl (C=O) groups is 3. The largest absolute Gasteiger partial charge is 0.481 e. The molecule has 1 aliphatic carbocycles. The van der Waals surface area contributed by atoms with Gasteiger partial charge in [-0.1, -0.05) is 48.5 Å². The number of nitrogens with one attached hydrogen (secondary N) is 1. The van der Waals surface area contributed by atoms with Gasteiger partial charge in [0.15, 0.2) is 0 Å². The third-order valence-electron chi connectivity index (χ3n) is 6.23. The molecule has 174 valence electrons. The highest BCUT2D eigenvalue weighted by Crippen LogP contribution is 2.44. The number of benzene rings is 2. The zero-order valence-electron chi connectivity index (χ0n) is 18.5. The van der Waals surface area contributed by atoms with Crippen molar-refractivity contribution in [3.63, 3.8) is 0 Å². The molecule has 7 nitrogen and oxygen atoms in total. The van der Waals surface area contributed by atoms with Crippen LogP contribution < -0.4 is 5.32 Å². The van der Waals surface area contributed by atoms with E-state index in [0.29, 0.717) is 6.54 Å². The highest BCUT2D eigenvalue weighted by molar-refractivity contribution is 7.99. The molecule has 2 amide bonds. The van der Waals surface area contributed by atoms with E-state index in [0.717, 1.165) is 33.8 Å². The van der Waals surface area contributed by atoms with Crippen LogP contribution in [0.25, 0.3) is 11.1 Å². The van der Waals surface area contributed by atoms with Gasteiger partial charge >= 0.3 is 12.1 Å². The minimum atomic E-state index is -1.01. The predicted molar refractivity (Wildman–Crippen MR) is 127 cm³/mol. The summed E-state index contributed by atoms with van der Waals surface area (Å²) in [5, 5.41) is 11.7. The van der Waals surface area contributed by atoms with Crippen molar-refractivity contribution >= 4 is 29.7 Å². The molecular formula is C25H28N2O5S. The number of carboxylic acid groups (broad SMARTS) is 1. The lowest BCUT2D eigenvalue weighted by Gasteiger charge is -2.35. The molecular weight excluding hydrogens is 440 g/mol.